The molecule has 112 valence electrons. The number of benzene rings is 2. The molecule has 2 aromatic rings. The zero-order valence-electron chi connectivity index (χ0n) is 11.2. The fourth-order valence-electron chi connectivity index (χ4n) is 1.71. The highest BCUT2D eigenvalue weighted by Gasteiger charge is 2.15. The second-order valence-corrected chi connectivity index (χ2v) is 5.23. The fraction of sp³-hybridized carbons (Fsp3) is 0.0667. The van der Waals surface area contributed by atoms with Crippen molar-refractivity contribution in [1.82, 2.24) is 0 Å². The van der Waals surface area contributed by atoms with Gasteiger partial charge < -0.3 is 4.74 Å². The Hall–Kier alpha value is -2.54. The summed E-state index contributed by atoms with van der Waals surface area (Å²) in [6.07, 6.45) is 0. The summed E-state index contributed by atoms with van der Waals surface area (Å²) in [7, 11) is 0. The molecule has 0 aliphatic carbocycles. The number of hydrogen-bond acceptors (Lipinski definition) is 5. The molecule has 0 saturated heterocycles. The summed E-state index contributed by atoms with van der Waals surface area (Å²) >= 11 is 3.24. The molecule has 0 unspecified atom stereocenters. The molecule has 0 heterocycles. The summed E-state index contributed by atoms with van der Waals surface area (Å²) in [5.74, 6) is -1.15. The number of rotatable bonds is 5. The SMILES string of the molecule is O=C(COC(=O)c1cccc([N+](=O)[O-])c1)c1cccc(Br)c1. The second-order valence-electron chi connectivity index (χ2n) is 4.32. The standard InChI is InChI=1S/C15H10BrNO5/c16-12-5-1-3-10(7-12)14(18)9-22-15(19)11-4-2-6-13(8-11)17(20)21/h1-8H,9H2. The number of Topliss-reactive ketones (excluding diaryl/α,β-unsaturated/α-hetero) is 1. The van der Waals surface area contributed by atoms with E-state index in [4.69, 9.17) is 4.74 Å². The van der Waals surface area contributed by atoms with E-state index in [2.05, 4.69) is 15.9 Å². The highest BCUT2D eigenvalue weighted by atomic mass is 79.9. The van der Waals surface area contributed by atoms with E-state index < -0.39 is 17.5 Å². The van der Waals surface area contributed by atoms with Crippen LogP contribution in [0.1, 0.15) is 20.7 Å². The molecule has 0 radical (unpaired) electrons. The van der Waals surface area contributed by atoms with Gasteiger partial charge in [-0.25, -0.2) is 4.79 Å². The Kier molecular flexibility index (Phi) is 5.00. The average molecular weight is 364 g/mol. The van der Waals surface area contributed by atoms with E-state index in [1.54, 1.807) is 24.3 Å². The Morgan fingerprint density at radius 2 is 1.77 bits per heavy atom. The monoisotopic (exact) mass is 363 g/mol. The van der Waals surface area contributed by atoms with Gasteiger partial charge in [0.15, 0.2) is 12.4 Å². The van der Waals surface area contributed by atoms with Crippen LogP contribution in [0, 0.1) is 10.1 Å². The van der Waals surface area contributed by atoms with Crippen molar-refractivity contribution < 1.29 is 19.2 Å². The van der Waals surface area contributed by atoms with Crippen LogP contribution in [0.25, 0.3) is 0 Å². The van der Waals surface area contributed by atoms with Crippen LogP contribution in [-0.2, 0) is 4.74 Å². The van der Waals surface area contributed by atoms with Gasteiger partial charge in [0.1, 0.15) is 0 Å². The van der Waals surface area contributed by atoms with Gasteiger partial charge in [0.05, 0.1) is 10.5 Å². The topological polar surface area (TPSA) is 86.5 Å². The van der Waals surface area contributed by atoms with Crippen LogP contribution in [0.4, 0.5) is 5.69 Å². The lowest BCUT2D eigenvalue weighted by Gasteiger charge is -2.05. The van der Waals surface area contributed by atoms with Crippen LogP contribution < -0.4 is 0 Å². The van der Waals surface area contributed by atoms with Crippen molar-refractivity contribution in [3.63, 3.8) is 0 Å². The molecule has 0 atom stereocenters. The Balaban J connectivity index is 2.02. The summed E-state index contributed by atoms with van der Waals surface area (Å²) in [5, 5.41) is 10.7. The van der Waals surface area contributed by atoms with E-state index in [1.807, 2.05) is 0 Å². The lowest BCUT2D eigenvalue weighted by molar-refractivity contribution is -0.384. The van der Waals surface area contributed by atoms with Gasteiger partial charge in [-0.3, -0.25) is 14.9 Å². The molecule has 0 aromatic heterocycles. The van der Waals surface area contributed by atoms with Crippen LogP contribution >= 0.6 is 15.9 Å². The lowest BCUT2D eigenvalue weighted by atomic mass is 10.1. The number of halogens is 1. The molecule has 22 heavy (non-hydrogen) atoms. The van der Waals surface area contributed by atoms with Gasteiger partial charge in [-0.2, -0.15) is 0 Å². The number of hydrogen-bond donors (Lipinski definition) is 0. The van der Waals surface area contributed by atoms with Crippen LogP contribution in [0.5, 0.6) is 0 Å². The minimum Gasteiger partial charge on any atom is -0.454 e. The molecule has 0 saturated carbocycles. The summed E-state index contributed by atoms with van der Waals surface area (Å²) in [5.41, 5.74) is 0.213. The van der Waals surface area contributed by atoms with Crippen molar-refractivity contribution in [3.8, 4) is 0 Å². The number of esters is 1. The summed E-state index contributed by atoms with van der Waals surface area (Å²) < 4.78 is 5.63. The summed E-state index contributed by atoms with van der Waals surface area (Å²) in [6.45, 7) is -0.433. The Bertz CT molecular complexity index is 744. The number of nitrogens with zero attached hydrogens (tertiary/aromatic N) is 1. The highest BCUT2D eigenvalue weighted by Crippen LogP contribution is 2.15. The van der Waals surface area contributed by atoms with Crippen molar-refractivity contribution >= 4 is 33.4 Å². The first-order valence-corrected chi connectivity index (χ1v) is 6.97. The van der Waals surface area contributed by atoms with E-state index in [0.29, 0.717) is 5.56 Å². The third-order valence-corrected chi connectivity index (χ3v) is 3.27. The van der Waals surface area contributed by atoms with E-state index in [0.717, 1.165) is 10.5 Å². The predicted octanol–water partition coefficient (Wildman–Crippen LogP) is 3.40. The van der Waals surface area contributed by atoms with Crippen LogP contribution in [0.3, 0.4) is 0 Å². The Morgan fingerprint density at radius 1 is 1.09 bits per heavy atom. The van der Waals surface area contributed by atoms with Gasteiger partial charge in [-0.15, -0.1) is 0 Å². The van der Waals surface area contributed by atoms with Gasteiger partial charge in [-0.05, 0) is 18.2 Å². The van der Waals surface area contributed by atoms with Crippen molar-refractivity contribution in [2.75, 3.05) is 6.61 Å². The number of ketones is 1. The molecular formula is C15H10BrNO5. The molecular weight excluding hydrogens is 354 g/mol. The summed E-state index contributed by atoms with van der Waals surface area (Å²) in [6, 6.07) is 11.8. The van der Waals surface area contributed by atoms with Crippen LogP contribution in [-0.4, -0.2) is 23.3 Å². The molecule has 0 N–H and O–H groups in total. The van der Waals surface area contributed by atoms with E-state index in [1.165, 1.54) is 18.2 Å². The quantitative estimate of drug-likeness (QED) is 0.351. The number of nitro benzene ring substituents is 1. The zero-order valence-corrected chi connectivity index (χ0v) is 12.8. The first-order chi connectivity index (χ1) is 10.5. The minimum atomic E-state index is -0.785. The Labute approximate surface area is 134 Å². The summed E-state index contributed by atoms with van der Waals surface area (Å²) in [4.78, 5) is 33.8. The van der Waals surface area contributed by atoms with Gasteiger partial charge in [0.2, 0.25) is 0 Å². The van der Waals surface area contributed by atoms with E-state index in [-0.39, 0.29) is 17.0 Å². The first-order valence-electron chi connectivity index (χ1n) is 6.18. The zero-order chi connectivity index (χ0) is 16.1. The van der Waals surface area contributed by atoms with Crippen LogP contribution in [0.2, 0.25) is 0 Å². The number of nitro groups is 1. The maximum absolute atomic E-state index is 11.9. The maximum Gasteiger partial charge on any atom is 0.338 e. The molecule has 7 heteroatoms. The fourth-order valence-corrected chi connectivity index (χ4v) is 2.11. The van der Waals surface area contributed by atoms with Crippen molar-refractivity contribution in [1.29, 1.82) is 0 Å². The van der Waals surface area contributed by atoms with Gasteiger partial charge in [0.25, 0.3) is 5.69 Å². The van der Waals surface area contributed by atoms with Gasteiger partial charge >= 0.3 is 5.97 Å². The normalized spacial score (nSPS) is 10.0. The van der Waals surface area contributed by atoms with E-state index >= 15 is 0 Å². The molecule has 2 aromatic carbocycles. The van der Waals surface area contributed by atoms with Crippen molar-refractivity contribution in [2.45, 2.75) is 0 Å². The molecule has 6 nitrogen and oxygen atoms in total. The lowest BCUT2D eigenvalue weighted by Crippen LogP contribution is -2.14. The molecule has 0 aliphatic rings. The number of carbonyl (C=O) groups is 2. The van der Waals surface area contributed by atoms with Gasteiger partial charge in [0, 0.05) is 22.2 Å². The molecule has 0 bridgehead atoms. The minimum absolute atomic E-state index is 0.0243. The molecule has 0 spiro atoms. The molecule has 0 fully saturated rings. The van der Waals surface area contributed by atoms with Gasteiger partial charge in [-0.1, -0.05) is 34.1 Å². The largest absolute Gasteiger partial charge is 0.454 e. The highest BCUT2D eigenvalue weighted by molar-refractivity contribution is 9.10. The number of non-ortho nitro benzene ring substituents is 1. The number of ether oxygens (including phenoxy) is 1. The maximum atomic E-state index is 11.9. The molecule has 2 rings (SSSR count). The third-order valence-electron chi connectivity index (χ3n) is 2.77. The third kappa shape index (κ3) is 3.98. The Morgan fingerprint density at radius 3 is 2.45 bits per heavy atom. The van der Waals surface area contributed by atoms with Crippen molar-refractivity contribution in [2.24, 2.45) is 0 Å². The smallest absolute Gasteiger partial charge is 0.338 e. The predicted molar refractivity (Wildman–Crippen MR) is 81.9 cm³/mol. The molecule has 0 aliphatic heterocycles. The second kappa shape index (κ2) is 6.95. The van der Waals surface area contributed by atoms with E-state index in [9.17, 15) is 19.7 Å². The molecule has 0 amide bonds. The number of carbonyl (C=O) groups excluding carboxylic acids is 2. The first kappa shape index (κ1) is 15.8. The average Bonchev–Trinajstić information content (AvgIpc) is 2.52. The van der Waals surface area contributed by atoms with Crippen LogP contribution in [0.15, 0.2) is 53.0 Å². The van der Waals surface area contributed by atoms with Crippen molar-refractivity contribution in [3.05, 3.63) is 74.2 Å².